The zero-order valence-corrected chi connectivity index (χ0v) is 9.20. The number of para-hydroxylation sites is 1. The molecule has 0 spiro atoms. The van der Waals surface area contributed by atoms with E-state index in [4.69, 9.17) is 0 Å². The SMILES string of the molecule is Cc1nnc(-c2cccc3cccnc23)nn1. The molecule has 0 saturated heterocycles. The molecule has 0 bridgehead atoms. The molecule has 0 saturated carbocycles. The standard InChI is InChI=1S/C12H9N5/c1-8-14-16-12(17-15-8)10-6-2-4-9-5-3-7-13-11(9)10/h2-7H,1H3. The Kier molecular flexibility index (Phi) is 2.22. The van der Waals surface area contributed by atoms with Gasteiger partial charge < -0.3 is 0 Å². The molecule has 2 heterocycles. The molecule has 17 heavy (non-hydrogen) atoms. The minimum atomic E-state index is 0.500. The Morgan fingerprint density at radius 3 is 2.47 bits per heavy atom. The average Bonchev–Trinajstić information content (AvgIpc) is 2.39. The van der Waals surface area contributed by atoms with Crippen LogP contribution in [0.2, 0.25) is 0 Å². The van der Waals surface area contributed by atoms with E-state index in [2.05, 4.69) is 25.4 Å². The van der Waals surface area contributed by atoms with Gasteiger partial charge >= 0.3 is 0 Å². The molecule has 1 aromatic carbocycles. The summed E-state index contributed by atoms with van der Waals surface area (Å²) >= 11 is 0. The van der Waals surface area contributed by atoms with Crippen molar-refractivity contribution in [3.8, 4) is 11.4 Å². The van der Waals surface area contributed by atoms with Crippen molar-refractivity contribution in [3.63, 3.8) is 0 Å². The number of hydrogen-bond acceptors (Lipinski definition) is 5. The molecule has 0 amide bonds. The first kappa shape index (κ1) is 9.77. The van der Waals surface area contributed by atoms with Crippen LogP contribution in [-0.4, -0.2) is 25.4 Å². The van der Waals surface area contributed by atoms with Crippen molar-refractivity contribution < 1.29 is 0 Å². The van der Waals surface area contributed by atoms with Crippen LogP contribution < -0.4 is 0 Å². The minimum absolute atomic E-state index is 0.500. The van der Waals surface area contributed by atoms with Crippen molar-refractivity contribution in [2.45, 2.75) is 6.92 Å². The van der Waals surface area contributed by atoms with Gasteiger partial charge in [0.05, 0.1) is 5.52 Å². The maximum Gasteiger partial charge on any atom is 0.205 e. The fourth-order valence-electron chi connectivity index (χ4n) is 1.67. The zero-order chi connectivity index (χ0) is 11.7. The predicted molar refractivity (Wildman–Crippen MR) is 63.1 cm³/mol. The molecular weight excluding hydrogens is 214 g/mol. The molecule has 0 aliphatic carbocycles. The van der Waals surface area contributed by atoms with Crippen LogP contribution in [0.15, 0.2) is 36.5 Å². The Bertz CT molecular complexity index is 658. The van der Waals surface area contributed by atoms with Crippen LogP contribution in [0.5, 0.6) is 0 Å². The Morgan fingerprint density at radius 2 is 1.65 bits per heavy atom. The number of aromatic nitrogens is 5. The molecule has 0 fully saturated rings. The first-order valence-corrected chi connectivity index (χ1v) is 5.23. The van der Waals surface area contributed by atoms with Crippen molar-refractivity contribution >= 4 is 10.9 Å². The van der Waals surface area contributed by atoms with Crippen molar-refractivity contribution in [3.05, 3.63) is 42.4 Å². The van der Waals surface area contributed by atoms with Gasteiger partial charge in [0, 0.05) is 17.1 Å². The fourth-order valence-corrected chi connectivity index (χ4v) is 1.67. The number of nitrogens with zero attached hydrogens (tertiary/aromatic N) is 5. The summed E-state index contributed by atoms with van der Waals surface area (Å²) in [6, 6.07) is 9.77. The van der Waals surface area contributed by atoms with Gasteiger partial charge in [-0.3, -0.25) is 4.98 Å². The van der Waals surface area contributed by atoms with Gasteiger partial charge in [-0.25, -0.2) is 0 Å². The van der Waals surface area contributed by atoms with E-state index in [0.717, 1.165) is 16.5 Å². The Hall–Kier alpha value is -2.43. The van der Waals surface area contributed by atoms with E-state index >= 15 is 0 Å². The first-order chi connectivity index (χ1) is 8.34. The third-order valence-corrected chi connectivity index (χ3v) is 2.45. The highest BCUT2D eigenvalue weighted by molar-refractivity contribution is 5.91. The molecule has 0 radical (unpaired) electrons. The van der Waals surface area contributed by atoms with Crippen LogP contribution in [-0.2, 0) is 0 Å². The number of hydrogen-bond donors (Lipinski definition) is 0. The number of benzene rings is 1. The number of fused-ring (bicyclic) bond motifs is 1. The van der Waals surface area contributed by atoms with Gasteiger partial charge in [0.25, 0.3) is 0 Å². The van der Waals surface area contributed by atoms with E-state index in [0.29, 0.717) is 11.6 Å². The first-order valence-electron chi connectivity index (χ1n) is 5.23. The van der Waals surface area contributed by atoms with E-state index < -0.39 is 0 Å². The van der Waals surface area contributed by atoms with Crippen LogP contribution in [0.25, 0.3) is 22.3 Å². The zero-order valence-electron chi connectivity index (χ0n) is 9.20. The molecule has 0 aliphatic heterocycles. The lowest BCUT2D eigenvalue weighted by atomic mass is 10.1. The normalized spacial score (nSPS) is 10.6. The van der Waals surface area contributed by atoms with E-state index in [1.54, 1.807) is 13.1 Å². The summed E-state index contributed by atoms with van der Waals surface area (Å²) in [6.45, 7) is 1.76. The van der Waals surface area contributed by atoms with Gasteiger partial charge in [0.2, 0.25) is 5.82 Å². The van der Waals surface area contributed by atoms with Gasteiger partial charge in [-0.1, -0.05) is 18.2 Å². The summed E-state index contributed by atoms with van der Waals surface area (Å²) in [6.07, 6.45) is 1.75. The highest BCUT2D eigenvalue weighted by atomic mass is 15.3. The lowest BCUT2D eigenvalue weighted by Crippen LogP contribution is -1.99. The maximum atomic E-state index is 4.34. The molecule has 2 aromatic heterocycles. The lowest BCUT2D eigenvalue weighted by molar-refractivity contribution is 0.816. The Morgan fingerprint density at radius 1 is 0.882 bits per heavy atom. The monoisotopic (exact) mass is 223 g/mol. The second kappa shape index (κ2) is 3.86. The van der Waals surface area contributed by atoms with Crippen LogP contribution in [0, 0.1) is 6.92 Å². The summed E-state index contributed by atoms with van der Waals surface area (Å²) < 4.78 is 0. The minimum Gasteiger partial charge on any atom is -0.255 e. The van der Waals surface area contributed by atoms with Crippen molar-refractivity contribution in [2.75, 3.05) is 0 Å². The second-order valence-corrected chi connectivity index (χ2v) is 3.65. The van der Waals surface area contributed by atoms with E-state index in [-0.39, 0.29) is 0 Å². The van der Waals surface area contributed by atoms with Gasteiger partial charge in [0.1, 0.15) is 0 Å². The Labute approximate surface area is 97.6 Å². The average molecular weight is 223 g/mol. The second-order valence-electron chi connectivity index (χ2n) is 3.65. The van der Waals surface area contributed by atoms with E-state index in [9.17, 15) is 0 Å². The maximum absolute atomic E-state index is 4.34. The van der Waals surface area contributed by atoms with Crippen LogP contribution in [0.4, 0.5) is 0 Å². The predicted octanol–water partition coefficient (Wildman–Crippen LogP) is 1.79. The summed E-state index contributed by atoms with van der Waals surface area (Å²) in [4.78, 5) is 4.34. The largest absolute Gasteiger partial charge is 0.255 e. The quantitative estimate of drug-likeness (QED) is 0.629. The third-order valence-electron chi connectivity index (χ3n) is 2.45. The summed E-state index contributed by atoms with van der Waals surface area (Å²) in [5.74, 6) is 1.06. The van der Waals surface area contributed by atoms with E-state index in [1.165, 1.54) is 0 Å². The van der Waals surface area contributed by atoms with E-state index in [1.807, 2.05) is 30.3 Å². The molecule has 3 rings (SSSR count). The molecule has 3 aromatic rings. The summed E-state index contributed by atoms with van der Waals surface area (Å²) in [5.41, 5.74) is 1.71. The molecule has 82 valence electrons. The highest BCUT2D eigenvalue weighted by Crippen LogP contribution is 2.22. The van der Waals surface area contributed by atoms with Gasteiger partial charge in [0.15, 0.2) is 5.82 Å². The highest BCUT2D eigenvalue weighted by Gasteiger charge is 2.07. The Balaban J connectivity index is 2.27. The van der Waals surface area contributed by atoms with Gasteiger partial charge in [-0.15, -0.1) is 20.4 Å². The molecule has 0 unspecified atom stereocenters. The number of aryl methyl sites for hydroxylation is 1. The fraction of sp³-hybridized carbons (Fsp3) is 0.0833. The topological polar surface area (TPSA) is 64.5 Å². The molecule has 0 atom stereocenters. The molecule has 0 N–H and O–H groups in total. The van der Waals surface area contributed by atoms with Crippen LogP contribution in [0.3, 0.4) is 0 Å². The van der Waals surface area contributed by atoms with Crippen molar-refractivity contribution in [1.29, 1.82) is 0 Å². The molecule has 5 heteroatoms. The smallest absolute Gasteiger partial charge is 0.205 e. The van der Waals surface area contributed by atoms with Gasteiger partial charge in [-0.2, -0.15) is 0 Å². The lowest BCUT2D eigenvalue weighted by Gasteiger charge is -2.02. The molecule has 0 aliphatic rings. The summed E-state index contributed by atoms with van der Waals surface area (Å²) in [7, 11) is 0. The van der Waals surface area contributed by atoms with Gasteiger partial charge in [-0.05, 0) is 19.1 Å². The molecular formula is C12H9N5. The van der Waals surface area contributed by atoms with Crippen LogP contribution in [0.1, 0.15) is 5.82 Å². The van der Waals surface area contributed by atoms with Crippen molar-refractivity contribution in [1.82, 2.24) is 25.4 Å². The molecule has 5 nitrogen and oxygen atoms in total. The summed E-state index contributed by atoms with van der Waals surface area (Å²) in [5, 5.41) is 16.9. The number of pyridine rings is 1. The van der Waals surface area contributed by atoms with Crippen LogP contribution >= 0.6 is 0 Å². The number of rotatable bonds is 1. The third kappa shape index (κ3) is 1.71. The van der Waals surface area contributed by atoms with Crippen molar-refractivity contribution in [2.24, 2.45) is 0 Å².